The van der Waals surface area contributed by atoms with Gasteiger partial charge in [-0.05, 0) is 42.5 Å². The van der Waals surface area contributed by atoms with Crippen LogP contribution in [0.4, 0.5) is 0 Å². The number of nitrogens with one attached hydrogen (secondary N) is 1. The second-order valence-corrected chi connectivity index (χ2v) is 8.15. The fourth-order valence-corrected chi connectivity index (χ4v) is 4.17. The molecule has 6 aromatic rings. The summed E-state index contributed by atoms with van der Waals surface area (Å²) >= 11 is 12.3. The molecule has 32 heavy (non-hydrogen) atoms. The van der Waals surface area contributed by atoms with E-state index in [4.69, 9.17) is 23.2 Å². The summed E-state index contributed by atoms with van der Waals surface area (Å²) in [5.74, 6) is 0. The van der Waals surface area contributed by atoms with Crippen LogP contribution in [0.25, 0.3) is 38.9 Å². The van der Waals surface area contributed by atoms with Gasteiger partial charge >= 0.3 is 0 Å². The normalized spacial score (nSPS) is 11.6. The van der Waals surface area contributed by atoms with Crippen molar-refractivity contribution >= 4 is 45.1 Å². The molecule has 0 amide bonds. The number of hydrogen-bond acceptors (Lipinski definition) is 5. The Labute approximate surface area is 191 Å². The predicted molar refractivity (Wildman–Crippen MR) is 123 cm³/mol. The van der Waals surface area contributed by atoms with Gasteiger partial charge in [-0.3, -0.25) is 14.8 Å². The average Bonchev–Trinajstić information content (AvgIpc) is 3.54. The van der Waals surface area contributed by atoms with Crippen LogP contribution >= 0.6 is 23.2 Å². The summed E-state index contributed by atoms with van der Waals surface area (Å²) < 4.78 is 3.67. The minimum Gasteiger partial charge on any atom is -0.278 e. The number of pyridine rings is 1. The molecule has 10 heteroatoms. The molecule has 0 bridgehead atoms. The molecule has 0 saturated carbocycles. The first-order valence-corrected chi connectivity index (χ1v) is 10.5. The van der Waals surface area contributed by atoms with Crippen LogP contribution in [0.15, 0.2) is 67.1 Å². The van der Waals surface area contributed by atoms with Gasteiger partial charge in [0, 0.05) is 23.3 Å². The minimum atomic E-state index is 0.421. The molecule has 0 aliphatic heterocycles. The lowest BCUT2D eigenvalue weighted by atomic mass is 10.1. The van der Waals surface area contributed by atoms with Crippen LogP contribution in [0.3, 0.4) is 0 Å². The maximum Gasteiger partial charge on any atom is 0.113 e. The molecule has 0 spiro atoms. The number of nitrogens with zero attached hydrogens (tertiary/aromatic N) is 7. The minimum absolute atomic E-state index is 0.421. The number of H-pyrrole nitrogens is 1. The second-order valence-electron chi connectivity index (χ2n) is 7.30. The summed E-state index contributed by atoms with van der Waals surface area (Å²) in [6, 6.07) is 15.6. The van der Waals surface area contributed by atoms with E-state index in [2.05, 4.69) is 36.7 Å². The summed E-state index contributed by atoms with van der Waals surface area (Å²) in [7, 11) is 0. The topological polar surface area (TPSA) is 90.1 Å². The first-order chi connectivity index (χ1) is 15.7. The summed E-state index contributed by atoms with van der Waals surface area (Å²) in [6.45, 7) is 0.421. The molecule has 2 aromatic carbocycles. The monoisotopic (exact) mass is 460 g/mol. The Bertz CT molecular complexity index is 1600. The van der Waals surface area contributed by atoms with Crippen LogP contribution in [0.5, 0.6) is 0 Å². The average molecular weight is 461 g/mol. The van der Waals surface area contributed by atoms with E-state index >= 15 is 0 Å². The number of fused-ring (bicyclic) bond motifs is 2. The molecular weight excluding hydrogens is 447 g/mol. The third-order valence-corrected chi connectivity index (χ3v) is 5.85. The molecule has 0 unspecified atom stereocenters. The standard InChI is InChI=1S/C22H14Cl2N8/c23-15-8-17(24)20(25-11-15)12-31-21(5-6-27-31)13-2-4-18-22(7-13)32(30-29-18)16-3-1-14-10-26-28-19(14)9-16/h1-11H,12H2,(H,26,28). The largest absolute Gasteiger partial charge is 0.278 e. The smallest absolute Gasteiger partial charge is 0.113 e. The van der Waals surface area contributed by atoms with Gasteiger partial charge in [-0.1, -0.05) is 34.5 Å². The van der Waals surface area contributed by atoms with Gasteiger partial charge < -0.3 is 0 Å². The summed E-state index contributed by atoms with van der Waals surface area (Å²) in [5.41, 5.74) is 6.12. The van der Waals surface area contributed by atoms with Crippen LogP contribution in [0.2, 0.25) is 10.0 Å². The van der Waals surface area contributed by atoms with Crippen molar-refractivity contribution < 1.29 is 0 Å². The fraction of sp³-hybridized carbons (Fsp3) is 0.0455. The number of aromatic amines is 1. The lowest BCUT2D eigenvalue weighted by molar-refractivity contribution is 0.680. The zero-order chi connectivity index (χ0) is 21.7. The van der Waals surface area contributed by atoms with Gasteiger partial charge in [-0.15, -0.1) is 5.10 Å². The number of aromatic nitrogens is 8. The SMILES string of the molecule is Clc1cnc(Cn2nccc2-c2ccc3nnn(-c4ccc5cn[nH]c5c4)c3c2)c(Cl)c1. The van der Waals surface area contributed by atoms with E-state index < -0.39 is 0 Å². The Morgan fingerprint density at radius 1 is 0.969 bits per heavy atom. The molecule has 0 aliphatic carbocycles. The van der Waals surface area contributed by atoms with Gasteiger partial charge in [0.2, 0.25) is 0 Å². The molecule has 1 N–H and O–H groups in total. The van der Waals surface area contributed by atoms with Crippen LogP contribution < -0.4 is 0 Å². The van der Waals surface area contributed by atoms with Crippen LogP contribution in [0.1, 0.15) is 5.69 Å². The highest BCUT2D eigenvalue weighted by atomic mass is 35.5. The third kappa shape index (κ3) is 3.21. The molecule has 6 rings (SSSR count). The van der Waals surface area contributed by atoms with Crippen LogP contribution in [0, 0.1) is 0 Å². The Balaban J connectivity index is 1.42. The van der Waals surface area contributed by atoms with Crippen molar-refractivity contribution in [2.75, 3.05) is 0 Å². The van der Waals surface area contributed by atoms with Crippen molar-refractivity contribution in [1.29, 1.82) is 0 Å². The highest BCUT2D eigenvalue weighted by molar-refractivity contribution is 6.34. The fourth-order valence-electron chi connectivity index (χ4n) is 3.73. The van der Waals surface area contributed by atoms with Crippen molar-refractivity contribution in [2.45, 2.75) is 6.54 Å². The van der Waals surface area contributed by atoms with Gasteiger partial charge in [0.1, 0.15) is 5.52 Å². The number of hydrogen-bond donors (Lipinski definition) is 1. The zero-order valence-corrected chi connectivity index (χ0v) is 18.0. The second kappa shape index (κ2) is 7.44. The van der Waals surface area contributed by atoms with Crippen molar-refractivity contribution in [3.63, 3.8) is 0 Å². The van der Waals surface area contributed by atoms with Gasteiger partial charge in [-0.25, -0.2) is 4.68 Å². The summed E-state index contributed by atoms with van der Waals surface area (Å²) in [5, 5.41) is 22.3. The molecule has 0 radical (unpaired) electrons. The zero-order valence-electron chi connectivity index (χ0n) is 16.4. The first-order valence-electron chi connectivity index (χ1n) is 9.77. The number of benzene rings is 2. The van der Waals surface area contributed by atoms with Crippen LogP contribution in [-0.4, -0.2) is 40.0 Å². The molecular formula is C22H14Cl2N8. The van der Waals surface area contributed by atoms with Gasteiger partial charge in [0.15, 0.2) is 0 Å². The van der Waals surface area contributed by atoms with Crippen molar-refractivity contribution in [2.24, 2.45) is 0 Å². The molecule has 4 heterocycles. The van der Waals surface area contributed by atoms with Crippen molar-refractivity contribution in [3.05, 3.63) is 82.9 Å². The molecule has 8 nitrogen and oxygen atoms in total. The van der Waals surface area contributed by atoms with Gasteiger partial charge in [0.25, 0.3) is 0 Å². The van der Waals surface area contributed by atoms with E-state index in [1.54, 1.807) is 24.7 Å². The maximum absolute atomic E-state index is 6.32. The van der Waals surface area contributed by atoms with E-state index in [1.807, 2.05) is 45.8 Å². The quantitative estimate of drug-likeness (QED) is 0.403. The number of halogens is 2. The third-order valence-electron chi connectivity index (χ3n) is 5.31. The van der Waals surface area contributed by atoms with E-state index in [0.717, 1.165) is 38.9 Å². The Morgan fingerprint density at radius 3 is 2.81 bits per heavy atom. The first kappa shape index (κ1) is 19.0. The predicted octanol–water partition coefficient (Wildman–Crippen LogP) is 4.91. The lowest BCUT2D eigenvalue weighted by Gasteiger charge is -2.09. The van der Waals surface area contributed by atoms with Crippen LogP contribution in [-0.2, 0) is 6.54 Å². The summed E-state index contributed by atoms with van der Waals surface area (Å²) in [4.78, 5) is 4.35. The van der Waals surface area contributed by atoms with E-state index in [9.17, 15) is 0 Å². The van der Waals surface area contributed by atoms with E-state index in [1.165, 1.54) is 0 Å². The number of rotatable bonds is 4. The maximum atomic E-state index is 6.32. The Kier molecular flexibility index (Phi) is 4.41. The molecule has 0 fully saturated rings. The summed E-state index contributed by atoms with van der Waals surface area (Å²) in [6.07, 6.45) is 5.13. The molecule has 0 atom stereocenters. The molecule has 4 aromatic heterocycles. The van der Waals surface area contributed by atoms with E-state index in [0.29, 0.717) is 22.3 Å². The molecule has 156 valence electrons. The van der Waals surface area contributed by atoms with Crippen molar-refractivity contribution in [3.8, 4) is 16.9 Å². The van der Waals surface area contributed by atoms with Gasteiger partial charge in [0.05, 0.1) is 50.9 Å². The molecule has 0 aliphatic rings. The Hall–Kier alpha value is -3.75. The Morgan fingerprint density at radius 2 is 1.91 bits per heavy atom. The molecule has 0 saturated heterocycles. The highest BCUT2D eigenvalue weighted by Gasteiger charge is 2.13. The van der Waals surface area contributed by atoms with Gasteiger partial charge in [-0.2, -0.15) is 10.2 Å². The lowest BCUT2D eigenvalue weighted by Crippen LogP contribution is -2.06. The highest BCUT2D eigenvalue weighted by Crippen LogP contribution is 2.27. The van der Waals surface area contributed by atoms with Crippen molar-refractivity contribution in [1.82, 2.24) is 40.0 Å². The van der Waals surface area contributed by atoms with E-state index in [-0.39, 0.29) is 0 Å².